The topological polar surface area (TPSA) is 66.5 Å². The maximum absolute atomic E-state index is 12.1. The van der Waals surface area contributed by atoms with Gasteiger partial charge in [-0.25, -0.2) is 0 Å². The Kier molecular flexibility index (Phi) is 3.98. The van der Waals surface area contributed by atoms with E-state index >= 15 is 0 Å². The number of hydrogen-bond acceptors (Lipinski definition) is 3. The summed E-state index contributed by atoms with van der Waals surface area (Å²) in [4.78, 5) is 36.1. The molecule has 0 aromatic heterocycles. The van der Waals surface area contributed by atoms with Gasteiger partial charge in [-0.15, -0.1) is 0 Å². The van der Waals surface area contributed by atoms with Gasteiger partial charge < -0.3 is 4.90 Å². The standard InChI is InChI=1S/C15H16N2O3/c1-10-4-3-5-12(8-10)6-7-14(19)17-9-13(18)16-15(20)11(17)2/h3-8,11H,9H2,1-2H3,(H,16,18,20). The van der Waals surface area contributed by atoms with E-state index in [9.17, 15) is 14.4 Å². The summed E-state index contributed by atoms with van der Waals surface area (Å²) in [5, 5.41) is 2.20. The Hall–Kier alpha value is -2.43. The summed E-state index contributed by atoms with van der Waals surface area (Å²) in [6.07, 6.45) is 3.07. The molecule has 2 rings (SSSR count). The van der Waals surface area contributed by atoms with Crippen LogP contribution in [0.15, 0.2) is 30.3 Å². The number of piperazine rings is 1. The molecular formula is C15H16N2O3. The molecule has 0 radical (unpaired) electrons. The molecule has 0 bridgehead atoms. The first-order valence-electron chi connectivity index (χ1n) is 6.36. The zero-order valence-electron chi connectivity index (χ0n) is 11.4. The fourth-order valence-electron chi connectivity index (χ4n) is 2.02. The first kappa shape index (κ1) is 14.0. The van der Waals surface area contributed by atoms with Gasteiger partial charge in [0.2, 0.25) is 17.7 Å². The van der Waals surface area contributed by atoms with Gasteiger partial charge in [-0.05, 0) is 25.5 Å². The molecule has 0 saturated carbocycles. The molecule has 1 aliphatic heterocycles. The number of carbonyl (C=O) groups excluding carboxylic acids is 3. The lowest BCUT2D eigenvalue weighted by molar-refractivity contribution is -0.147. The van der Waals surface area contributed by atoms with Crippen molar-refractivity contribution in [3.8, 4) is 0 Å². The van der Waals surface area contributed by atoms with Gasteiger partial charge in [0.1, 0.15) is 12.6 Å². The first-order chi connectivity index (χ1) is 9.47. The molecular weight excluding hydrogens is 256 g/mol. The molecule has 0 spiro atoms. The normalized spacial score (nSPS) is 19.3. The molecule has 3 amide bonds. The Morgan fingerprint density at radius 1 is 1.40 bits per heavy atom. The maximum Gasteiger partial charge on any atom is 0.249 e. The molecule has 1 fully saturated rings. The fourth-order valence-corrected chi connectivity index (χ4v) is 2.02. The van der Waals surface area contributed by atoms with E-state index in [-0.39, 0.29) is 12.5 Å². The van der Waals surface area contributed by atoms with Crippen molar-refractivity contribution in [2.24, 2.45) is 0 Å². The van der Waals surface area contributed by atoms with Crippen molar-refractivity contribution >= 4 is 23.8 Å². The van der Waals surface area contributed by atoms with Crippen LogP contribution in [-0.4, -0.2) is 35.2 Å². The molecule has 5 nitrogen and oxygen atoms in total. The summed E-state index contributed by atoms with van der Waals surface area (Å²) in [5.41, 5.74) is 2.00. The number of nitrogens with zero attached hydrogens (tertiary/aromatic N) is 1. The summed E-state index contributed by atoms with van der Waals surface area (Å²) in [6, 6.07) is 7.06. The number of amides is 3. The Morgan fingerprint density at radius 3 is 2.85 bits per heavy atom. The lowest BCUT2D eigenvalue weighted by Crippen LogP contribution is -2.58. The van der Waals surface area contributed by atoms with Gasteiger partial charge >= 0.3 is 0 Å². The molecule has 104 valence electrons. The highest BCUT2D eigenvalue weighted by atomic mass is 16.2. The lowest BCUT2D eigenvalue weighted by atomic mass is 10.1. The third-order valence-electron chi connectivity index (χ3n) is 3.17. The fraction of sp³-hybridized carbons (Fsp3) is 0.267. The van der Waals surface area contributed by atoms with Crippen molar-refractivity contribution in [1.29, 1.82) is 0 Å². The minimum atomic E-state index is -0.637. The van der Waals surface area contributed by atoms with Gasteiger partial charge in [0.15, 0.2) is 0 Å². The van der Waals surface area contributed by atoms with E-state index < -0.39 is 17.9 Å². The summed E-state index contributed by atoms with van der Waals surface area (Å²) in [5.74, 6) is -1.24. The van der Waals surface area contributed by atoms with E-state index in [0.29, 0.717) is 0 Å². The summed E-state index contributed by atoms with van der Waals surface area (Å²) in [6.45, 7) is 3.47. The predicted octanol–water partition coefficient (Wildman–Crippen LogP) is 0.882. The molecule has 1 atom stereocenters. The minimum Gasteiger partial charge on any atom is -0.318 e. The highest BCUT2D eigenvalue weighted by Crippen LogP contribution is 2.09. The van der Waals surface area contributed by atoms with Crippen LogP contribution in [0.25, 0.3) is 6.08 Å². The summed E-state index contributed by atoms with van der Waals surface area (Å²) in [7, 11) is 0. The molecule has 1 aromatic rings. The molecule has 1 heterocycles. The van der Waals surface area contributed by atoms with Crippen LogP contribution in [0.1, 0.15) is 18.1 Å². The third-order valence-corrected chi connectivity index (χ3v) is 3.17. The molecule has 5 heteroatoms. The van der Waals surface area contributed by atoms with Crippen molar-refractivity contribution in [2.45, 2.75) is 19.9 Å². The average Bonchev–Trinajstić information content (AvgIpc) is 2.40. The van der Waals surface area contributed by atoms with E-state index in [0.717, 1.165) is 11.1 Å². The zero-order chi connectivity index (χ0) is 14.7. The van der Waals surface area contributed by atoms with E-state index in [2.05, 4.69) is 5.32 Å². The molecule has 1 aliphatic rings. The number of nitrogens with one attached hydrogen (secondary N) is 1. The zero-order valence-corrected chi connectivity index (χ0v) is 11.4. The van der Waals surface area contributed by atoms with Crippen molar-refractivity contribution in [3.63, 3.8) is 0 Å². The lowest BCUT2D eigenvalue weighted by Gasteiger charge is -2.30. The SMILES string of the molecule is Cc1cccc(C=CC(=O)N2CC(=O)NC(=O)C2C)c1. The quantitative estimate of drug-likeness (QED) is 0.642. The van der Waals surface area contributed by atoms with Gasteiger partial charge in [-0.2, -0.15) is 0 Å². The van der Waals surface area contributed by atoms with Crippen molar-refractivity contribution in [2.75, 3.05) is 6.54 Å². The largest absolute Gasteiger partial charge is 0.318 e. The number of hydrogen-bond donors (Lipinski definition) is 1. The van der Waals surface area contributed by atoms with Gasteiger partial charge in [0.05, 0.1) is 0 Å². The van der Waals surface area contributed by atoms with E-state index in [4.69, 9.17) is 0 Å². The predicted molar refractivity (Wildman–Crippen MR) is 74.5 cm³/mol. The van der Waals surface area contributed by atoms with Crippen LogP contribution in [0, 0.1) is 6.92 Å². The maximum atomic E-state index is 12.1. The summed E-state index contributed by atoms with van der Waals surface area (Å²) < 4.78 is 0. The number of rotatable bonds is 2. The second kappa shape index (κ2) is 5.69. The van der Waals surface area contributed by atoms with Crippen LogP contribution >= 0.6 is 0 Å². The molecule has 1 aromatic carbocycles. The van der Waals surface area contributed by atoms with Gasteiger partial charge in [0.25, 0.3) is 0 Å². The Balaban J connectivity index is 2.11. The number of benzene rings is 1. The van der Waals surface area contributed by atoms with Crippen LogP contribution < -0.4 is 5.32 Å². The molecule has 20 heavy (non-hydrogen) atoms. The van der Waals surface area contributed by atoms with Crippen LogP contribution in [0.4, 0.5) is 0 Å². The van der Waals surface area contributed by atoms with Crippen LogP contribution in [-0.2, 0) is 14.4 Å². The van der Waals surface area contributed by atoms with Crippen molar-refractivity contribution < 1.29 is 14.4 Å². The molecule has 1 unspecified atom stereocenters. The van der Waals surface area contributed by atoms with Gasteiger partial charge in [-0.3, -0.25) is 19.7 Å². The number of aryl methyl sites for hydroxylation is 1. The monoisotopic (exact) mass is 272 g/mol. The second-order valence-corrected chi connectivity index (χ2v) is 4.80. The molecule has 1 saturated heterocycles. The van der Waals surface area contributed by atoms with Gasteiger partial charge in [0, 0.05) is 6.08 Å². The van der Waals surface area contributed by atoms with Gasteiger partial charge in [-0.1, -0.05) is 29.8 Å². The van der Waals surface area contributed by atoms with Crippen molar-refractivity contribution in [1.82, 2.24) is 10.2 Å². The van der Waals surface area contributed by atoms with Crippen LogP contribution in [0.3, 0.4) is 0 Å². The van der Waals surface area contributed by atoms with E-state index in [1.807, 2.05) is 31.2 Å². The van der Waals surface area contributed by atoms with E-state index in [1.165, 1.54) is 11.0 Å². The Labute approximate surface area is 117 Å². The molecule has 0 aliphatic carbocycles. The first-order valence-corrected chi connectivity index (χ1v) is 6.36. The van der Waals surface area contributed by atoms with Crippen molar-refractivity contribution in [3.05, 3.63) is 41.5 Å². The highest BCUT2D eigenvalue weighted by Gasteiger charge is 2.32. The third kappa shape index (κ3) is 3.12. The van der Waals surface area contributed by atoms with E-state index in [1.54, 1.807) is 13.0 Å². The number of imide groups is 1. The smallest absolute Gasteiger partial charge is 0.249 e. The van der Waals surface area contributed by atoms with Crippen LogP contribution in [0.5, 0.6) is 0 Å². The van der Waals surface area contributed by atoms with Crippen LogP contribution in [0.2, 0.25) is 0 Å². The highest BCUT2D eigenvalue weighted by molar-refractivity contribution is 6.06. The summed E-state index contributed by atoms with van der Waals surface area (Å²) >= 11 is 0. The second-order valence-electron chi connectivity index (χ2n) is 4.80. The molecule has 1 N–H and O–H groups in total. The Bertz CT molecular complexity index is 593. The number of carbonyl (C=O) groups is 3. The average molecular weight is 272 g/mol. The Morgan fingerprint density at radius 2 is 2.15 bits per heavy atom. The minimum absolute atomic E-state index is 0.0934.